The van der Waals surface area contributed by atoms with Gasteiger partial charge in [0.1, 0.15) is 39.5 Å². The van der Waals surface area contributed by atoms with Crippen molar-refractivity contribution in [2.45, 2.75) is 26.2 Å². The first-order valence-electron chi connectivity index (χ1n) is 17.5. The maximum absolute atomic E-state index is 6.71. The first kappa shape index (κ1) is 30.2. The Bertz CT molecular complexity index is 3030. The predicted octanol–water partition coefficient (Wildman–Crippen LogP) is 11.2. The molecule has 6 nitrogen and oxygen atoms in total. The van der Waals surface area contributed by atoms with E-state index in [-0.39, 0.29) is 5.41 Å². The summed E-state index contributed by atoms with van der Waals surface area (Å²) in [5.41, 5.74) is 8.69. The molecule has 0 unspecified atom stereocenters. The molecule has 10 aromatic rings. The Kier molecular flexibility index (Phi) is 6.64. The first-order chi connectivity index (χ1) is 25.4. The third-order valence-corrected chi connectivity index (χ3v) is 9.98. The molecule has 0 atom stereocenters. The lowest BCUT2D eigenvalue weighted by Gasteiger charge is -2.20. The highest BCUT2D eigenvalue weighted by atomic mass is 16.5. The minimum absolute atomic E-state index is 0.00624. The maximum atomic E-state index is 6.71. The minimum atomic E-state index is -0.00624. The van der Waals surface area contributed by atoms with Crippen LogP contribution < -0.4 is 9.30 Å². The lowest BCUT2D eigenvalue weighted by atomic mass is 9.88. The van der Waals surface area contributed by atoms with Gasteiger partial charge in [0, 0.05) is 23.0 Å². The highest BCUT2D eigenvalue weighted by Gasteiger charge is 2.19. The van der Waals surface area contributed by atoms with Crippen LogP contribution in [0, 0.1) is 6.33 Å². The van der Waals surface area contributed by atoms with E-state index in [0.29, 0.717) is 0 Å². The molecule has 0 amide bonds. The van der Waals surface area contributed by atoms with Gasteiger partial charge in [0.15, 0.2) is 0 Å². The van der Waals surface area contributed by atoms with Crippen LogP contribution in [0.25, 0.3) is 71.8 Å². The number of para-hydroxylation sites is 5. The van der Waals surface area contributed by atoms with Crippen LogP contribution in [0.3, 0.4) is 0 Å². The van der Waals surface area contributed by atoms with Crippen LogP contribution in [0.5, 0.6) is 11.5 Å². The number of pyridine rings is 1. The zero-order chi connectivity index (χ0) is 35.0. The van der Waals surface area contributed by atoms with Crippen molar-refractivity contribution in [2.75, 3.05) is 0 Å². The maximum Gasteiger partial charge on any atom is 0.270 e. The van der Waals surface area contributed by atoms with Crippen LogP contribution in [0.1, 0.15) is 26.3 Å². The fourth-order valence-corrected chi connectivity index (χ4v) is 7.44. The lowest BCUT2D eigenvalue weighted by molar-refractivity contribution is -0.575. The van der Waals surface area contributed by atoms with Gasteiger partial charge in [0.2, 0.25) is 0 Å². The molecule has 4 aromatic heterocycles. The zero-order valence-corrected chi connectivity index (χ0v) is 29.0. The second-order valence-electron chi connectivity index (χ2n) is 14.3. The molecule has 52 heavy (non-hydrogen) atoms. The lowest BCUT2D eigenvalue weighted by Crippen LogP contribution is -2.32. The van der Waals surface area contributed by atoms with Crippen molar-refractivity contribution in [1.82, 2.24) is 14.0 Å². The standard InChI is InChI=1S/C46H34N4O2/c1-46(2,3)30-24-25-47-44(26-30)50-38-16-8-7-14-34(38)35-22-20-33(28-41(35)50)51-32-21-23-36-37-15-11-19-43-45(37)49(40(36)27-32)29-48(31-12-5-4-6-13-31)39-17-9-10-18-42(39)52-43/h4-28H,1-3H3. The molecule has 0 saturated carbocycles. The molecule has 0 bridgehead atoms. The highest BCUT2D eigenvalue weighted by molar-refractivity contribution is 6.13. The van der Waals surface area contributed by atoms with Crippen molar-refractivity contribution in [3.05, 3.63) is 164 Å². The molecule has 0 aliphatic carbocycles. The zero-order valence-electron chi connectivity index (χ0n) is 29.0. The normalized spacial score (nSPS) is 12.1. The molecule has 0 fully saturated rings. The van der Waals surface area contributed by atoms with E-state index in [2.05, 4.69) is 132 Å². The predicted molar refractivity (Wildman–Crippen MR) is 209 cm³/mol. The Labute approximate surface area is 300 Å². The van der Waals surface area contributed by atoms with Crippen molar-refractivity contribution in [3.8, 4) is 23.0 Å². The summed E-state index contributed by atoms with van der Waals surface area (Å²) < 4.78 is 19.8. The van der Waals surface area contributed by atoms with Crippen molar-refractivity contribution in [2.24, 2.45) is 0 Å². The molecule has 10 rings (SSSR count). The number of hydrogen-bond acceptors (Lipinski definition) is 3. The molecule has 0 saturated heterocycles. The summed E-state index contributed by atoms with van der Waals surface area (Å²) in [4.78, 5) is 4.85. The number of ether oxygens (including phenoxy) is 1. The number of nitrogens with zero attached hydrogens (tertiary/aromatic N) is 4. The van der Waals surface area contributed by atoms with Gasteiger partial charge in [0.05, 0.1) is 22.2 Å². The molecule has 0 N–H and O–H groups in total. The van der Waals surface area contributed by atoms with E-state index in [1.165, 1.54) is 10.9 Å². The SMILES string of the molecule is CC(C)(C)c1ccnc(-n2c3ccccc3c3ccc(Oc4ccc5c6cccc7oc8ccccc8[n+](-c8ccccc8)[c-]n(c5c4)c76)cc32)c1. The molecule has 0 aliphatic heterocycles. The average molecular weight is 675 g/mol. The Morgan fingerprint density at radius 1 is 0.615 bits per heavy atom. The number of aromatic nitrogens is 4. The van der Waals surface area contributed by atoms with E-state index in [0.717, 1.165) is 77.9 Å². The molecule has 6 heteroatoms. The summed E-state index contributed by atoms with van der Waals surface area (Å²) in [6, 6.07) is 49.9. The molecule has 4 heterocycles. The van der Waals surface area contributed by atoms with Crippen LogP contribution in [0.4, 0.5) is 0 Å². The van der Waals surface area contributed by atoms with Gasteiger partial charge in [-0.1, -0.05) is 87.5 Å². The van der Waals surface area contributed by atoms with E-state index in [9.17, 15) is 0 Å². The molecular weight excluding hydrogens is 641 g/mol. The van der Waals surface area contributed by atoms with E-state index in [1.54, 1.807) is 0 Å². The number of hydrogen-bond donors (Lipinski definition) is 0. The van der Waals surface area contributed by atoms with Gasteiger partial charge < -0.3 is 9.15 Å². The molecule has 0 spiro atoms. The molecule has 6 aromatic carbocycles. The van der Waals surface area contributed by atoms with Gasteiger partial charge in [-0.25, -0.2) is 4.98 Å². The second-order valence-corrected chi connectivity index (χ2v) is 14.3. The third-order valence-electron chi connectivity index (χ3n) is 9.98. The van der Waals surface area contributed by atoms with Crippen LogP contribution in [-0.4, -0.2) is 14.0 Å². The number of benzene rings is 6. The van der Waals surface area contributed by atoms with Gasteiger partial charge in [-0.3, -0.25) is 13.5 Å². The fraction of sp³-hybridized carbons (Fsp3) is 0.0870. The number of fused-ring (bicyclic) bond motifs is 7. The Morgan fingerprint density at radius 3 is 2.12 bits per heavy atom. The Balaban J connectivity index is 1.17. The monoisotopic (exact) mass is 674 g/mol. The van der Waals surface area contributed by atoms with Crippen LogP contribution in [0.2, 0.25) is 0 Å². The summed E-state index contributed by atoms with van der Waals surface area (Å²) in [5, 5.41) is 4.48. The topological polar surface area (TPSA) is 48.5 Å². The van der Waals surface area contributed by atoms with Gasteiger partial charge in [-0.15, -0.1) is 0 Å². The van der Waals surface area contributed by atoms with Gasteiger partial charge >= 0.3 is 0 Å². The summed E-state index contributed by atoms with van der Waals surface area (Å²) >= 11 is 0. The first-order valence-corrected chi connectivity index (χ1v) is 17.5. The van der Waals surface area contributed by atoms with Gasteiger partial charge in [-0.05, 0) is 94.5 Å². The average Bonchev–Trinajstić information content (AvgIpc) is 3.65. The second kappa shape index (κ2) is 11.4. The minimum Gasteiger partial charge on any atom is -0.464 e. The summed E-state index contributed by atoms with van der Waals surface area (Å²) in [5.74, 6) is 2.35. The van der Waals surface area contributed by atoms with Crippen LogP contribution >= 0.6 is 0 Å². The summed E-state index contributed by atoms with van der Waals surface area (Å²) in [6.45, 7) is 6.69. The van der Waals surface area contributed by atoms with Crippen molar-refractivity contribution in [1.29, 1.82) is 0 Å². The Morgan fingerprint density at radius 2 is 1.29 bits per heavy atom. The molecule has 0 radical (unpaired) electrons. The molecular formula is C46H34N4O2. The largest absolute Gasteiger partial charge is 0.464 e. The van der Waals surface area contributed by atoms with E-state index >= 15 is 0 Å². The quantitative estimate of drug-likeness (QED) is 0.138. The Hall–Kier alpha value is -6.66. The smallest absolute Gasteiger partial charge is 0.270 e. The van der Waals surface area contributed by atoms with Crippen LogP contribution in [-0.2, 0) is 5.41 Å². The van der Waals surface area contributed by atoms with Crippen LogP contribution in [0.15, 0.2) is 156 Å². The molecule has 0 aliphatic rings. The molecule has 250 valence electrons. The summed E-state index contributed by atoms with van der Waals surface area (Å²) in [7, 11) is 0. The fourth-order valence-electron chi connectivity index (χ4n) is 7.44. The van der Waals surface area contributed by atoms with E-state index in [4.69, 9.17) is 14.1 Å². The van der Waals surface area contributed by atoms with Crippen molar-refractivity contribution in [3.63, 3.8) is 0 Å². The highest BCUT2D eigenvalue weighted by Crippen LogP contribution is 2.38. The van der Waals surface area contributed by atoms with Gasteiger partial charge in [-0.2, -0.15) is 0 Å². The van der Waals surface area contributed by atoms with E-state index < -0.39 is 0 Å². The summed E-state index contributed by atoms with van der Waals surface area (Å²) in [6.07, 6.45) is 5.64. The number of rotatable bonds is 4. The van der Waals surface area contributed by atoms with Gasteiger partial charge in [0.25, 0.3) is 6.33 Å². The van der Waals surface area contributed by atoms with Crippen molar-refractivity contribution >= 4 is 60.3 Å². The third kappa shape index (κ3) is 4.79. The van der Waals surface area contributed by atoms with E-state index in [1.807, 2.05) is 60.8 Å². The van der Waals surface area contributed by atoms with Crippen molar-refractivity contribution < 1.29 is 13.7 Å².